The molecule has 0 radical (unpaired) electrons. The molecule has 32 heavy (non-hydrogen) atoms. The van der Waals surface area contributed by atoms with Crippen molar-refractivity contribution >= 4 is 33.4 Å². The van der Waals surface area contributed by atoms with Crippen LogP contribution in [0.4, 0.5) is 10.1 Å². The second kappa shape index (κ2) is 8.06. The minimum atomic E-state index is -0.340. The van der Waals surface area contributed by atoms with Crippen molar-refractivity contribution in [3.05, 3.63) is 59.7 Å². The number of benzene rings is 2. The first-order valence-corrected chi connectivity index (χ1v) is 11.1. The summed E-state index contributed by atoms with van der Waals surface area (Å²) in [7, 11) is 4.29. The summed E-state index contributed by atoms with van der Waals surface area (Å²) in [6.45, 7) is 1.89. The summed E-state index contributed by atoms with van der Waals surface area (Å²) in [5.74, 6) is -0.639. The van der Waals surface area contributed by atoms with Gasteiger partial charge in [-0.25, -0.2) is 4.39 Å². The second-order valence-corrected chi connectivity index (χ2v) is 9.04. The molecule has 1 aliphatic rings. The molecule has 2 N–H and O–H groups in total. The van der Waals surface area contributed by atoms with Crippen LogP contribution in [0, 0.1) is 12.7 Å². The van der Waals surface area contributed by atoms with E-state index in [-0.39, 0.29) is 11.7 Å². The number of fused-ring (bicyclic) bond motifs is 2. The van der Waals surface area contributed by atoms with Crippen molar-refractivity contribution in [1.29, 1.82) is 0 Å². The standard InChI is InChI=1S/C25H28FN5O/c1-15-7-12-20(26)18-13-22(28-24(15)18)25(32)29-21-5-4-6-23-19(21)14-27-31(23)17-10-8-16(9-11-17)30(2)3/h4-7,12-14,16-17,28H,8-11H2,1-3H3,(H,29,32). The molecule has 0 atom stereocenters. The van der Waals surface area contributed by atoms with E-state index in [9.17, 15) is 9.18 Å². The number of halogens is 1. The number of H-pyrrole nitrogens is 1. The predicted octanol–water partition coefficient (Wildman–Crippen LogP) is 5.26. The van der Waals surface area contributed by atoms with Gasteiger partial charge in [-0.05, 0) is 76.5 Å². The summed E-state index contributed by atoms with van der Waals surface area (Å²) in [6.07, 6.45) is 6.34. The van der Waals surface area contributed by atoms with Crippen LogP contribution in [-0.4, -0.2) is 45.7 Å². The number of anilines is 1. The minimum Gasteiger partial charge on any atom is -0.350 e. The Morgan fingerprint density at radius 2 is 1.94 bits per heavy atom. The molecule has 4 aromatic rings. The highest BCUT2D eigenvalue weighted by molar-refractivity contribution is 6.09. The second-order valence-electron chi connectivity index (χ2n) is 9.04. The number of hydrogen-bond donors (Lipinski definition) is 2. The zero-order valence-electron chi connectivity index (χ0n) is 18.7. The van der Waals surface area contributed by atoms with Gasteiger partial charge in [0.05, 0.1) is 29.0 Å². The smallest absolute Gasteiger partial charge is 0.272 e. The van der Waals surface area contributed by atoms with Gasteiger partial charge in [0.25, 0.3) is 5.91 Å². The monoisotopic (exact) mass is 433 g/mol. The van der Waals surface area contributed by atoms with Gasteiger partial charge >= 0.3 is 0 Å². The lowest BCUT2D eigenvalue weighted by molar-refractivity contribution is 0.102. The number of carbonyl (C=O) groups is 1. The molecule has 2 aromatic carbocycles. The van der Waals surface area contributed by atoms with Crippen molar-refractivity contribution in [2.45, 2.75) is 44.7 Å². The van der Waals surface area contributed by atoms with Gasteiger partial charge in [0.1, 0.15) is 11.5 Å². The predicted molar refractivity (Wildman–Crippen MR) is 126 cm³/mol. The molecule has 0 aliphatic heterocycles. The normalized spacial score (nSPS) is 19.2. The Hall–Kier alpha value is -3.19. The third kappa shape index (κ3) is 3.56. The molecule has 0 spiro atoms. The number of nitrogens with one attached hydrogen (secondary N) is 2. The van der Waals surface area contributed by atoms with Crippen LogP contribution in [0.25, 0.3) is 21.8 Å². The van der Waals surface area contributed by atoms with Gasteiger partial charge < -0.3 is 15.2 Å². The van der Waals surface area contributed by atoms with Crippen molar-refractivity contribution < 1.29 is 9.18 Å². The van der Waals surface area contributed by atoms with E-state index < -0.39 is 0 Å². The van der Waals surface area contributed by atoms with Crippen molar-refractivity contribution in [1.82, 2.24) is 19.7 Å². The lowest BCUT2D eigenvalue weighted by atomic mass is 9.90. The number of aromatic nitrogens is 3. The summed E-state index contributed by atoms with van der Waals surface area (Å²) < 4.78 is 16.3. The first kappa shape index (κ1) is 20.7. The molecule has 0 bridgehead atoms. The highest BCUT2D eigenvalue weighted by atomic mass is 19.1. The fraction of sp³-hybridized carbons (Fsp3) is 0.360. The Kier molecular flexibility index (Phi) is 5.21. The Bertz CT molecular complexity index is 1260. The van der Waals surface area contributed by atoms with E-state index in [1.807, 2.05) is 25.3 Å². The number of hydrogen-bond acceptors (Lipinski definition) is 3. The molecule has 1 amide bonds. The maximum Gasteiger partial charge on any atom is 0.272 e. The molecular weight excluding hydrogens is 405 g/mol. The van der Waals surface area contributed by atoms with Crippen LogP contribution in [0.15, 0.2) is 42.6 Å². The van der Waals surface area contributed by atoms with Gasteiger partial charge in [-0.2, -0.15) is 5.10 Å². The van der Waals surface area contributed by atoms with Crippen molar-refractivity contribution in [2.75, 3.05) is 19.4 Å². The topological polar surface area (TPSA) is 66.0 Å². The number of aromatic amines is 1. The van der Waals surface area contributed by atoms with Crippen molar-refractivity contribution in [3.8, 4) is 0 Å². The molecule has 2 heterocycles. The highest BCUT2D eigenvalue weighted by Gasteiger charge is 2.25. The first-order valence-electron chi connectivity index (χ1n) is 11.1. The van der Waals surface area contributed by atoms with Gasteiger partial charge in [0.15, 0.2) is 0 Å². The van der Waals surface area contributed by atoms with E-state index in [1.165, 1.54) is 6.07 Å². The number of amides is 1. The molecule has 166 valence electrons. The van der Waals surface area contributed by atoms with Gasteiger partial charge in [-0.3, -0.25) is 9.48 Å². The van der Waals surface area contributed by atoms with E-state index in [0.29, 0.717) is 34.4 Å². The number of carbonyl (C=O) groups excluding carboxylic acids is 1. The summed E-state index contributed by atoms with van der Waals surface area (Å²) in [5.41, 5.74) is 3.60. The SMILES string of the molecule is Cc1ccc(F)c2cc(C(=O)Nc3cccc4c3cnn4C3CCC(N(C)C)CC3)[nH]c12. The Morgan fingerprint density at radius 1 is 1.16 bits per heavy atom. The lowest BCUT2D eigenvalue weighted by Crippen LogP contribution is -2.33. The van der Waals surface area contributed by atoms with Crippen molar-refractivity contribution in [2.24, 2.45) is 0 Å². The maximum absolute atomic E-state index is 14.2. The Labute approximate surface area is 186 Å². The molecule has 0 unspecified atom stereocenters. The fourth-order valence-electron chi connectivity index (χ4n) is 4.93. The van der Waals surface area contributed by atoms with E-state index in [4.69, 9.17) is 0 Å². The molecule has 1 fully saturated rings. The zero-order chi connectivity index (χ0) is 22.4. The van der Waals surface area contributed by atoms with Crippen LogP contribution in [0.2, 0.25) is 0 Å². The quantitative estimate of drug-likeness (QED) is 0.461. The van der Waals surface area contributed by atoms with E-state index in [2.05, 4.69) is 45.1 Å². The van der Waals surface area contributed by atoms with E-state index in [0.717, 1.165) is 42.1 Å². The van der Waals surface area contributed by atoms with Crippen LogP contribution in [0.5, 0.6) is 0 Å². The van der Waals surface area contributed by atoms with Gasteiger partial charge in [0.2, 0.25) is 0 Å². The average Bonchev–Trinajstić information content (AvgIpc) is 3.43. The summed E-state index contributed by atoms with van der Waals surface area (Å²) >= 11 is 0. The number of rotatable bonds is 4. The minimum absolute atomic E-state index is 0.299. The van der Waals surface area contributed by atoms with Crippen LogP contribution < -0.4 is 5.32 Å². The Balaban J connectivity index is 1.40. The van der Waals surface area contributed by atoms with Crippen LogP contribution in [-0.2, 0) is 0 Å². The Morgan fingerprint density at radius 3 is 2.66 bits per heavy atom. The summed E-state index contributed by atoms with van der Waals surface area (Å²) in [6, 6.07) is 11.6. The van der Waals surface area contributed by atoms with Gasteiger partial charge in [-0.1, -0.05) is 12.1 Å². The number of nitrogens with zero attached hydrogens (tertiary/aromatic N) is 3. The summed E-state index contributed by atoms with van der Waals surface area (Å²) in [5, 5.41) is 9.01. The highest BCUT2D eigenvalue weighted by Crippen LogP contribution is 2.34. The molecule has 5 rings (SSSR count). The first-order chi connectivity index (χ1) is 15.4. The molecular formula is C25H28FN5O. The van der Waals surface area contributed by atoms with Crippen LogP contribution in [0.3, 0.4) is 0 Å². The summed E-state index contributed by atoms with van der Waals surface area (Å²) in [4.78, 5) is 18.3. The molecule has 1 saturated carbocycles. The van der Waals surface area contributed by atoms with Crippen LogP contribution >= 0.6 is 0 Å². The third-order valence-corrected chi connectivity index (χ3v) is 6.83. The number of aryl methyl sites for hydroxylation is 1. The van der Waals surface area contributed by atoms with E-state index in [1.54, 1.807) is 12.1 Å². The largest absolute Gasteiger partial charge is 0.350 e. The van der Waals surface area contributed by atoms with E-state index >= 15 is 0 Å². The molecule has 6 nitrogen and oxygen atoms in total. The van der Waals surface area contributed by atoms with Gasteiger partial charge in [0, 0.05) is 16.8 Å². The average molecular weight is 434 g/mol. The fourth-order valence-corrected chi connectivity index (χ4v) is 4.93. The maximum atomic E-state index is 14.2. The molecule has 1 aliphatic carbocycles. The van der Waals surface area contributed by atoms with Crippen molar-refractivity contribution in [3.63, 3.8) is 0 Å². The zero-order valence-corrected chi connectivity index (χ0v) is 18.7. The molecule has 7 heteroatoms. The molecule has 0 saturated heterocycles. The van der Waals surface area contributed by atoms with Gasteiger partial charge in [-0.15, -0.1) is 0 Å². The molecule has 2 aromatic heterocycles. The van der Waals surface area contributed by atoms with Crippen LogP contribution in [0.1, 0.15) is 47.8 Å². The third-order valence-electron chi connectivity index (χ3n) is 6.83. The lowest BCUT2D eigenvalue weighted by Gasteiger charge is -2.33.